The van der Waals surface area contributed by atoms with Gasteiger partial charge in [0.25, 0.3) is 0 Å². The summed E-state index contributed by atoms with van der Waals surface area (Å²) in [5.74, 6) is 0. The zero-order valence-corrected chi connectivity index (χ0v) is 13.8. The fourth-order valence-electron chi connectivity index (χ4n) is 1.33. The quantitative estimate of drug-likeness (QED) is 0.762. The molecule has 0 radical (unpaired) electrons. The lowest BCUT2D eigenvalue weighted by Crippen LogP contribution is -2.11. The van der Waals surface area contributed by atoms with E-state index in [2.05, 4.69) is 73.1 Å². The van der Waals surface area contributed by atoms with E-state index in [1.165, 1.54) is 3.57 Å². The second-order valence-electron chi connectivity index (χ2n) is 3.41. The minimum Gasteiger partial charge on any atom is -0.311 e. The van der Waals surface area contributed by atoms with E-state index in [0.717, 1.165) is 33.1 Å². The van der Waals surface area contributed by atoms with Crippen molar-refractivity contribution in [1.82, 2.24) is 15.5 Å². The highest BCUT2D eigenvalue weighted by Crippen LogP contribution is 2.31. The van der Waals surface area contributed by atoms with E-state index in [9.17, 15) is 0 Å². The van der Waals surface area contributed by atoms with Crippen LogP contribution >= 0.6 is 49.9 Å². The largest absolute Gasteiger partial charge is 0.311 e. The van der Waals surface area contributed by atoms with Crippen LogP contribution in [0.4, 0.5) is 0 Å². The average Bonchev–Trinajstić information content (AvgIpc) is 2.78. The molecule has 0 aliphatic carbocycles. The Morgan fingerprint density at radius 3 is 3.00 bits per heavy atom. The van der Waals surface area contributed by atoms with Crippen LogP contribution in [0.25, 0.3) is 10.6 Å². The Bertz CT molecular complexity index is 515. The highest BCUT2D eigenvalue weighted by Gasteiger charge is 2.10. The molecule has 17 heavy (non-hydrogen) atoms. The van der Waals surface area contributed by atoms with Gasteiger partial charge in [0.2, 0.25) is 0 Å². The SMILES string of the molecule is CCNCc1nnc(-c2cc(I)ccc2Br)s1. The zero-order chi connectivity index (χ0) is 12.3. The summed E-state index contributed by atoms with van der Waals surface area (Å²) < 4.78 is 2.26. The number of nitrogens with one attached hydrogen (secondary N) is 1. The second-order valence-corrected chi connectivity index (χ2v) is 6.57. The van der Waals surface area contributed by atoms with Gasteiger partial charge in [-0.2, -0.15) is 0 Å². The smallest absolute Gasteiger partial charge is 0.149 e. The van der Waals surface area contributed by atoms with Gasteiger partial charge in [-0.1, -0.05) is 34.2 Å². The van der Waals surface area contributed by atoms with Gasteiger partial charge in [-0.15, -0.1) is 10.2 Å². The summed E-state index contributed by atoms with van der Waals surface area (Å²) in [6, 6.07) is 6.22. The fourth-order valence-corrected chi connectivity index (χ4v) is 3.22. The molecule has 0 spiro atoms. The number of benzene rings is 1. The highest BCUT2D eigenvalue weighted by molar-refractivity contribution is 14.1. The van der Waals surface area contributed by atoms with E-state index in [0.29, 0.717) is 0 Å². The number of rotatable bonds is 4. The van der Waals surface area contributed by atoms with Crippen molar-refractivity contribution in [3.8, 4) is 10.6 Å². The van der Waals surface area contributed by atoms with Crippen LogP contribution in [0.5, 0.6) is 0 Å². The predicted octanol–water partition coefficient (Wildman–Crippen LogP) is 3.68. The van der Waals surface area contributed by atoms with Crippen LogP contribution in [0, 0.1) is 3.57 Å². The summed E-state index contributed by atoms with van der Waals surface area (Å²) in [5, 5.41) is 13.7. The molecule has 0 bridgehead atoms. The molecule has 3 nitrogen and oxygen atoms in total. The van der Waals surface area contributed by atoms with Crippen LogP contribution in [0.2, 0.25) is 0 Å². The van der Waals surface area contributed by atoms with Gasteiger partial charge < -0.3 is 5.32 Å². The van der Waals surface area contributed by atoms with Crippen molar-refractivity contribution in [1.29, 1.82) is 0 Å². The van der Waals surface area contributed by atoms with Crippen LogP contribution in [-0.2, 0) is 6.54 Å². The molecule has 0 aliphatic heterocycles. The molecule has 0 atom stereocenters. The molecule has 1 heterocycles. The topological polar surface area (TPSA) is 37.8 Å². The molecule has 1 aromatic carbocycles. The second kappa shape index (κ2) is 6.21. The molecule has 2 rings (SSSR count). The summed E-state index contributed by atoms with van der Waals surface area (Å²) in [6.07, 6.45) is 0. The normalized spacial score (nSPS) is 10.8. The van der Waals surface area contributed by atoms with Gasteiger partial charge in [-0.3, -0.25) is 0 Å². The molecule has 6 heteroatoms. The maximum absolute atomic E-state index is 4.24. The van der Waals surface area contributed by atoms with Gasteiger partial charge >= 0.3 is 0 Å². The van der Waals surface area contributed by atoms with Gasteiger partial charge in [0.1, 0.15) is 10.0 Å². The third-order valence-electron chi connectivity index (χ3n) is 2.15. The highest BCUT2D eigenvalue weighted by atomic mass is 127. The molecule has 2 aromatic rings. The first-order valence-electron chi connectivity index (χ1n) is 5.19. The lowest BCUT2D eigenvalue weighted by molar-refractivity contribution is 0.715. The van der Waals surface area contributed by atoms with Crippen LogP contribution in [0.15, 0.2) is 22.7 Å². The van der Waals surface area contributed by atoms with E-state index < -0.39 is 0 Å². The molecule has 0 saturated carbocycles. The van der Waals surface area contributed by atoms with Crippen molar-refractivity contribution in [3.63, 3.8) is 0 Å². The van der Waals surface area contributed by atoms with Crippen molar-refractivity contribution < 1.29 is 0 Å². The van der Waals surface area contributed by atoms with E-state index in [1.54, 1.807) is 11.3 Å². The Balaban J connectivity index is 2.27. The molecule has 0 saturated heterocycles. The maximum atomic E-state index is 4.24. The number of hydrogen-bond acceptors (Lipinski definition) is 4. The van der Waals surface area contributed by atoms with E-state index in [-0.39, 0.29) is 0 Å². The molecule has 1 N–H and O–H groups in total. The van der Waals surface area contributed by atoms with Gasteiger partial charge in [0.05, 0.1) is 0 Å². The summed E-state index contributed by atoms with van der Waals surface area (Å²) in [4.78, 5) is 0. The lowest BCUT2D eigenvalue weighted by atomic mass is 10.2. The first-order valence-corrected chi connectivity index (χ1v) is 7.88. The molecule has 0 fully saturated rings. The lowest BCUT2D eigenvalue weighted by Gasteiger charge is -2.00. The Kier molecular flexibility index (Phi) is 4.89. The number of hydrogen-bond donors (Lipinski definition) is 1. The standard InChI is InChI=1S/C11H11BrIN3S/c1-2-14-6-10-15-16-11(17-10)8-5-7(13)3-4-9(8)12/h3-5,14H,2,6H2,1H3. The van der Waals surface area contributed by atoms with Crippen LogP contribution in [-0.4, -0.2) is 16.7 Å². The molecule has 0 unspecified atom stereocenters. The van der Waals surface area contributed by atoms with Crippen LogP contribution in [0.3, 0.4) is 0 Å². The number of aromatic nitrogens is 2. The van der Waals surface area contributed by atoms with E-state index in [1.807, 2.05) is 6.07 Å². The third kappa shape index (κ3) is 3.46. The zero-order valence-electron chi connectivity index (χ0n) is 9.20. The number of nitrogens with zero attached hydrogens (tertiary/aromatic N) is 2. The molecular formula is C11H11BrIN3S. The van der Waals surface area contributed by atoms with Crippen molar-refractivity contribution in [2.45, 2.75) is 13.5 Å². The van der Waals surface area contributed by atoms with Gasteiger partial charge in [0, 0.05) is 20.2 Å². The first-order chi connectivity index (χ1) is 8.20. The Hall–Kier alpha value is -0.0500. The van der Waals surface area contributed by atoms with Gasteiger partial charge in [0.15, 0.2) is 0 Å². The Morgan fingerprint density at radius 2 is 2.24 bits per heavy atom. The third-order valence-corrected chi connectivity index (χ3v) is 4.47. The monoisotopic (exact) mass is 423 g/mol. The predicted molar refractivity (Wildman–Crippen MR) is 83.1 cm³/mol. The van der Waals surface area contributed by atoms with Crippen molar-refractivity contribution >= 4 is 49.9 Å². The maximum Gasteiger partial charge on any atom is 0.149 e. The molecule has 90 valence electrons. The van der Waals surface area contributed by atoms with Gasteiger partial charge in [-0.05, 0) is 47.3 Å². The molecular weight excluding hydrogens is 413 g/mol. The number of halogens is 2. The minimum absolute atomic E-state index is 0.787. The molecule has 0 aliphatic rings. The Morgan fingerprint density at radius 1 is 1.41 bits per heavy atom. The van der Waals surface area contributed by atoms with Crippen molar-refractivity contribution in [2.75, 3.05) is 6.54 Å². The van der Waals surface area contributed by atoms with Crippen LogP contribution in [0.1, 0.15) is 11.9 Å². The Labute approximate surface area is 126 Å². The summed E-state index contributed by atoms with van der Waals surface area (Å²) in [6.45, 7) is 3.82. The fraction of sp³-hybridized carbons (Fsp3) is 0.273. The van der Waals surface area contributed by atoms with E-state index >= 15 is 0 Å². The summed E-state index contributed by atoms with van der Waals surface area (Å²) in [5.41, 5.74) is 1.11. The summed E-state index contributed by atoms with van der Waals surface area (Å²) >= 11 is 7.48. The van der Waals surface area contributed by atoms with E-state index in [4.69, 9.17) is 0 Å². The van der Waals surface area contributed by atoms with Crippen molar-refractivity contribution in [2.24, 2.45) is 0 Å². The average molecular weight is 424 g/mol. The summed E-state index contributed by atoms with van der Waals surface area (Å²) in [7, 11) is 0. The first kappa shape index (κ1) is 13.4. The van der Waals surface area contributed by atoms with Crippen LogP contribution < -0.4 is 5.32 Å². The van der Waals surface area contributed by atoms with Gasteiger partial charge in [-0.25, -0.2) is 0 Å². The minimum atomic E-state index is 0.787. The molecule has 1 aromatic heterocycles. The van der Waals surface area contributed by atoms with Crippen molar-refractivity contribution in [3.05, 3.63) is 31.2 Å². The molecule has 0 amide bonds.